The van der Waals surface area contributed by atoms with Crippen molar-refractivity contribution in [3.05, 3.63) is 71.7 Å². The third kappa shape index (κ3) is 5.63. The Kier molecular flexibility index (Phi) is 7.67. The molecule has 8 heteroatoms. The first-order valence-electron chi connectivity index (χ1n) is 9.97. The fraction of sp³-hybridized carbons (Fsp3) is 0.261. The summed E-state index contributed by atoms with van der Waals surface area (Å²) in [6.07, 6.45) is 2.18. The number of anilines is 1. The molecule has 0 spiro atoms. The second-order valence-electron chi connectivity index (χ2n) is 7.33. The number of fused-ring (bicyclic) bond motifs is 1. The molecule has 3 N–H and O–H groups in total. The van der Waals surface area contributed by atoms with E-state index in [2.05, 4.69) is 38.9 Å². The number of guanidine groups is 1. The molecule has 0 saturated heterocycles. The molecule has 0 fully saturated rings. The van der Waals surface area contributed by atoms with Crippen molar-refractivity contribution in [2.45, 2.75) is 25.8 Å². The number of nitrogens with one attached hydrogen (secondary N) is 3. The molecule has 31 heavy (non-hydrogen) atoms. The maximum absolute atomic E-state index is 12.0. The Morgan fingerprint density at radius 3 is 2.74 bits per heavy atom. The highest BCUT2D eigenvalue weighted by Gasteiger charge is 2.24. The summed E-state index contributed by atoms with van der Waals surface area (Å²) in [6, 6.07) is 16.0. The zero-order valence-electron chi connectivity index (χ0n) is 17.5. The Morgan fingerprint density at radius 1 is 1.19 bits per heavy atom. The van der Waals surface area contributed by atoms with E-state index < -0.39 is 0 Å². The zero-order chi connectivity index (χ0) is 20.9. The highest BCUT2D eigenvalue weighted by Crippen LogP contribution is 2.31. The number of carbonyl (C=O) groups excluding carboxylic acids is 1. The number of para-hydroxylation sites is 1. The average molecular weight is 531 g/mol. The number of halogens is 1. The summed E-state index contributed by atoms with van der Waals surface area (Å²) in [5, 5.41) is 9.45. The molecule has 1 aliphatic rings. The molecule has 2 aromatic carbocycles. The van der Waals surface area contributed by atoms with Crippen LogP contribution in [0.4, 0.5) is 5.69 Å². The number of oxazole rings is 1. The van der Waals surface area contributed by atoms with E-state index in [1.807, 2.05) is 42.5 Å². The third-order valence-electron chi connectivity index (χ3n) is 5.14. The van der Waals surface area contributed by atoms with Crippen LogP contribution in [0.3, 0.4) is 0 Å². The summed E-state index contributed by atoms with van der Waals surface area (Å²) in [5.41, 5.74) is 4.21. The summed E-state index contributed by atoms with van der Waals surface area (Å²) in [4.78, 5) is 20.6. The first-order valence-corrected chi connectivity index (χ1v) is 9.97. The standard InChI is InChI=1S/C23H25N5O2.HI/c1-15-7-9-16(10-8-15)20-13-25-22(30-20)14-27-23(24-2)26-12-17-11-21(29)28-19-6-4-3-5-18(17)19;/h3-10,13,17H,11-12,14H2,1-2H3,(H,28,29)(H2,24,26,27);1H. The lowest BCUT2D eigenvalue weighted by molar-refractivity contribution is -0.116. The van der Waals surface area contributed by atoms with Gasteiger partial charge in [-0.2, -0.15) is 0 Å². The summed E-state index contributed by atoms with van der Waals surface area (Å²) >= 11 is 0. The molecule has 0 radical (unpaired) electrons. The van der Waals surface area contributed by atoms with Gasteiger partial charge < -0.3 is 20.4 Å². The molecule has 7 nitrogen and oxygen atoms in total. The van der Waals surface area contributed by atoms with Crippen molar-refractivity contribution < 1.29 is 9.21 Å². The number of hydrogen-bond donors (Lipinski definition) is 3. The second kappa shape index (κ2) is 10.4. The summed E-state index contributed by atoms with van der Waals surface area (Å²) in [5.74, 6) is 2.07. The monoisotopic (exact) mass is 531 g/mol. The minimum absolute atomic E-state index is 0. The van der Waals surface area contributed by atoms with Crippen LogP contribution in [0.15, 0.2) is 64.1 Å². The third-order valence-corrected chi connectivity index (χ3v) is 5.14. The van der Waals surface area contributed by atoms with Crippen LogP contribution in [0, 0.1) is 6.92 Å². The Balaban J connectivity index is 0.00000272. The van der Waals surface area contributed by atoms with Crippen molar-refractivity contribution in [2.24, 2.45) is 4.99 Å². The largest absolute Gasteiger partial charge is 0.439 e. The normalized spacial score (nSPS) is 15.5. The molecular formula is C23H26IN5O2. The van der Waals surface area contributed by atoms with Gasteiger partial charge in [0.15, 0.2) is 11.7 Å². The Morgan fingerprint density at radius 2 is 1.97 bits per heavy atom. The molecule has 0 saturated carbocycles. The van der Waals surface area contributed by atoms with Crippen LogP contribution in [-0.2, 0) is 11.3 Å². The number of nitrogens with zero attached hydrogens (tertiary/aromatic N) is 2. The van der Waals surface area contributed by atoms with Crippen molar-refractivity contribution in [1.82, 2.24) is 15.6 Å². The van der Waals surface area contributed by atoms with Crippen LogP contribution < -0.4 is 16.0 Å². The Hall–Kier alpha value is -2.88. The van der Waals surface area contributed by atoms with Crippen molar-refractivity contribution >= 4 is 41.5 Å². The van der Waals surface area contributed by atoms with Crippen LogP contribution >= 0.6 is 24.0 Å². The lowest BCUT2D eigenvalue weighted by Gasteiger charge is -2.26. The average Bonchev–Trinajstić information content (AvgIpc) is 3.23. The SMILES string of the molecule is CN=C(NCc1ncc(-c2ccc(C)cc2)o1)NCC1CC(=O)Nc2ccccc21.I. The number of aliphatic imine (C=N–C) groups is 1. The molecule has 162 valence electrons. The first kappa shape index (κ1) is 22.8. The van der Waals surface area contributed by atoms with Crippen molar-refractivity contribution in [3.63, 3.8) is 0 Å². The maximum atomic E-state index is 12.0. The van der Waals surface area contributed by atoms with E-state index in [4.69, 9.17) is 4.42 Å². The van der Waals surface area contributed by atoms with Gasteiger partial charge in [0, 0.05) is 37.2 Å². The van der Waals surface area contributed by atoms with Crippen molar-refractivity contribution in [2.75, 3.05) is 18.9 Å². The van der Waals surface area contributed by atoms with Gasteiger partial charge in [-0.1, -0.05) is 48.0 Å². The molecule has 1 atom stereocenters. The minimum atomic E-state index is 0. The number of carbonyl (C=O) groups is 1. The molecule has 1 aliphatic heterocycles. The van der Waals surface area contributed by atoms with Crippen LogP contribution in [0.1, 0.15) is 29.4 Å². The summed E-state index contributed by atoms with van der Waals surface area (Å²) in [7, 11) is 1.71. The number of rotatable bonds is 5. The van der Waals surface area contributed by atoms with Gasteiger partial charge in [-0.15, -0.1) is 24.0 Å². The van der Waals surface area contributed by atoms with Gasteiger partial charge in [0.2, 0.25) is 11.8 Å². The van der Waals surface area contributed by atoms with Crippen LogP contribution in [0.25, 0.3) is 11.3 Å². The fourth-order valence-corrected chi connectivity index (χ4v) is 3.53. The topological polar surface area (TPSA) is 91.6 Å². The molecule has 1 amide bonds. The minimum Gasteiger partial charge on any atom is -0.439 e. The van der Waals surface area contributed by atoms with Crippen LogP contribution in [0.2, 0.25) is 0 Å². The number of aryl methyl sites for hydroxylation is 1. The molecule has 1 unspecified atom stereocenters. The molecular weight excluding hydrogens is 505 g/mol. The van der Waals surface area contributed by atoms with Crippen LogP contribution in [-0.4, -0.2) is 30.4 Å². The van der Waals surface area contributed by atoms with Gasteiger partial charge in [-0.3, -0.25) is 9.79 Å². The fourth-order valence-electron chi connectivity index (χ4n) is 3.53. The summed E-state index contributed by atoms with van der Waals surface area (Å²) < 4.78 is 5.85. The van der Waals surface area contributed by atoms with E-state index >= 15 is 0 Å². The van der Waals surface area contributed by atoms with Crippen LogP contribution in [0.5, 0.6) is 0 Å². The number of amides is 1. The molecule has 0 aliphatic carbocycles. The molecule has 1 aromatic heterocycles. The predicted octanol–water partition coefficient (Wildman–Crippen LogP) is 4.06. The van der Waals surface area contributed by atoms with Gasteiger partial charge in [-0.05, 0) is 18.6 Å². The van der Waals surface area contributed by atoms with Gasteiger partial charge in [-0.25, -0.2) is 4.98 Å². The lowest BCUT2D eigenvalue weighted by atomic mass is 9.90. The second-order valence-corrected chi connectivity index (χ2v) is 7.33. The van der Waals surface area contributed by atoms with Crippen molar-refractivity contribution in [3.8, 4) is 11.3 Å². The number of aromatic nitrogens is 1. The van der Waals surface area contributed by atoms with E-state index in [0.717, 1.165) is 22.6 Å². The van der Waals surface area contributed by atoms with Gasteiger partial charge in [0.05, 0.1) is 12.7 Å². The molecule has 3 aromatic rings. The van der Waals surface area contributed by atoms with E-state index in [-0.39, 0.29) is 35.8 Å². The van der Waals surface area contributed by atoms with E-state index in [1.165, 1.54) is 5.56 Å². The number of hydrogen-bond acceptors (Lipinski definition) is 4. The highest BCUT2D eigenvalue weighted by atomic mass is 127. The molecule has 4 rings (SSSR count). The maximum Gasteiger partial charge on any atom is 0.225 e. The van der Waals surface area contributed by atoms with Gasteiger partial charge >= 0.3 is 0 Å². The smallest absolute Gasteiger partial charge is 0.225 e. The van der Waals surface area contributed by atoms with Gasteiger partial charge in [0.1, 0.15) is 0 Å². The van der Waals surface area contributed by atoms with E-state index in [1.54, 1.807) is 13.2 Å². The quantitative estimate of drug-likeness (QED) is 0.263. The van der Waals surface area contributed by atoms with Gasteiger partial charge in [0.25, 0.3) is 0 Å². The van der Waals surface area contributed by atoms with Crippen molar-refractivity contribution in [1.29, 1.82) is 0 Å². The Labute approximate surface area is 198 Å². The zero-order valence-corrected chi connectivity index (χ0v) is 19.8. The predicted molar refractivity (Wildman–Crippen MR) is 133 cm³/mol. The highest BCUT2D eigenvalue weighted by molar-refractivity contribution is 14.0. The first-order chi connectivity index (χ1) is 14.6. The molecule has 0 bridgehead atoms. The van der Waals surface area contributed by atoms with E-state index in [0.29, 0.717) is 31.4 Å². The summed E-state index contributed by atoms with van der Waals surface area (Å²) in [6.45, 7) is 3.06. The lowest BCUT2D eigenvalue weighted by Crippen LogP contribution is -2.40. The Bertz CT molecular complexity index is 1060. The van der Waals surface area contributed by atoms with E-state index in [9.17, 15) is 4.79 Å². The number of benzene rings is 2. The molecule has 2 heterocycles.